The number of fused-ring (bicyclic) bond motifs is 2. The molecule has 12 heteroatoms. The maximum Gasteiger partial charge on any atom is 0.418 e. The molecule has 1 amide bonds. The van der Waals surface area contributed by atoms with E-state index < -0.39 is 34.7 Å². The van der Waals surface area contributed by atoms with E-state index in [2.05, 4.69) is 15.3 Å². The summed E-state index contributed by atoms with van der Waals surface area (Å²) in [6, 6.07) is 0.971. The molecule has 0 radical (unpaired) electrons. The lowest BCUT2D eigenvalue weighted by molar-refractivity contribution is -0.137. The molecular formula is C24H25F4N7O. The van der Waals surface area contributed by atoms with E-state index in [1.54, 1.807) is 4.68 Å². The number of nitrogen functional groups attached to an aromatic ring is 1. The normalized spacial score (nSPS) is 23.3. The van der Waals surface area contributed by atoms with Crippen LogP contribution in [0.2, 0.25) is 0 Å². The second-order valence-corrected chi connectivity index (χ2v) is 10.0. The van der Waals surface area contributed by atoms with E-state index in [-0.39, 0.29) is 41.8 Å². The number of hydrogen-bond donors (Lipinski definition) is 3. The fourth-order valence-corrected chi connectivity index (χ4v) is 5.78. The molecule has 6 rings (SSSR count). The average molecular weight is 504 g/mol. The number of carbonyl (C=O) groups is 1. The van der Waals surface area contributed by atoms with Gasteiger partial charge in [0.15, 0.2) is 5.82 Å². The van der Waals surface area contributed by atoms with Gasteiger partial charge in [0.2, 0.25) is 5.91 Å². The Balaban J connectivity index is 1.64. The number of nitrogens with two attached hydrogens (primary N) is 2. The predicted molar refractivity (Wildman–Crippen MR) is 123 cm³/mol. The first-order valence-electron chi connectivity index (χ1n) is 12.0. The van der Waals surface area contributed by atoms with Crippen molar-refractivity contribution in [2.45, 2.75) is 50.7 Å². The highest BCUT2D eigenvalue weighted by molar-refractivity contribution is 5.90. The molecule has 8 nitrogen and oxygen atoms in total. The molecule has 1 aliphatic heterocycles. The van der Waals surface area contributed by atoms with Crippen molar-refractivity contribution in [1.82, 2.24) is 25.1 Å². The number of primary amides is 1. The van der Waals surface area contributed by atoms with Gasteiger partial charge in [0.25, 0.3) is 0 Å². The Morgan fingerprint density at radius 3 is 2.53 bits per heavy atom. The van der Waals surface area contributed by atoms with E-state index in [9.17, 15) is 18.0 Å². The van der Waals surface area contributed by atoms with Crippen LogP contribution in [0.1, 0.15) is 53.9 Å². The van der Waals surface area contributed by atoms with Crippen molar-refractivity contribution < 1.29 is 22.4 Å². The average Bonchev–Trinajstić information content (AvgIpc) is 3.66. The first kappa shape index (κ1) is 23.1. The number of nitrogens with zero attached hydrogens (tertiary/aromatic N) is 4. The highest BCUT2D eigenvalue weighted by Crippen LogP contribution is 2.58. The predicted octanol–water partition coefficient (Wildman–Crippen LogP) is 3.23. The Labute approximate surface area is 203 Å². The second kappa shape index (κ2) is 7.86. The van der Waals surface area contributed by atoms with Gasteiger partial charge in [-0.2, -0.15) is 18.3 Å². The summed E-state index contributed by atoms with van der Waals surface area (Å²) in [5.74, 6) is -0.760. The third kappa shape index (κ3) is 3.61. The minimum atomic E-state index is -4.81. The van der Waals surface area contributed by atoms with Gasteiger partial charge in [-0.05, 0) is 57.2 Å². The minimum Gasteiger partial charge on any atom is -0.384 e. The summed E-state index contributed by atoms with van der Waals surface area (Å²) in [6.07, 6.45) is -3.22. The third-order valence-electron chi connectivity index (χ3n) is 7.56. The van der Waals surface area contributed by atoms with Crippen LogP contribution >= 0.6 is 0 Å². The van der Waals surface area contributed by atoms with Gasteiger partial charge in [-0.3, -0.25) is 9.48 Å². The molecule has 2 atom stereocenters. The van der Waals surface area contributed by atoms with Crippen LogP contribution in [0.25, 0.3) is 22.2 Å². The van der Waals surface area contributed by atoms with Crippen molar-refractivity contribution >= 4 is 22.6 Å². The molecule has 0 aromatic carbocycles. The first-order valence-corrected chi connectivity index (χ1v) is 12.0. The summed E-state index contributed by atoms with van der Waals surface area (Å²) in [4.78, 5) is 19.8. The summed E-state index contributed by atoms with van der Waals surface area (Å²) < 4.78 is 60.2. The number of aromatic nitrogens is 4. The SMILES string of the molecule is Cc1nc(N)cc(-c2nc(CCC(N)=O)c3c(C4C5CNCC54)nn(C4CC4)c3c2F)c1C(F)(F)F. The lowest BCUT2D eigenvalue weighted by Gasteiger charge is -2.17. The number of nitrogens with one attached hydrogen (secondary N) is 1. The molecule has 3 aromatic rings. The van der Waals surface area contributed by atoms with Crippen LogP contribution in [0.5, 0.6) is 0 Å². The number of carbonyl (C=O) groups excluding carboxylic acids is 1. The summed E-state index contributed by atoms with van der Waals surface area (Å²) in [5.41, 5.74) is 9.93. The highest BCUT2D eigenvalue weighted by atomic mass is 19.4. The zero-order valence-electron chi connectivity index (χ0n) is 19.5. The van der Waals surface area contributed by atoms with Crippen molar-refractivity contribution in [1.29, 1.82) is 0 Å². The Bertz CT molecular complexity index is 1400. The van der Waals surface area contributed by atoms with E-state index in [0.29, 0.717) is 28.6 Å². The van der Waals surface area contributed by atoms with Crippen LogP contribution < -0.4 is 16.8 Å². The molecule has 2 saturated carbocycles. The van der Waals surface area contributed by atoms with Crippen molar-refractivity contribution in [3.05, 3.63) is 34.5 Å². The van der Waals surface area contributed by atoms with Crippen molar-refractivity contribution in [3.8, 4) is 11.3 Å². The zero-order chi connectivity index (χ0) is 25.5. The van der Waals surface area contributed by atoms with Crippen molar-refractivity contribution in [2.75, 3.05) is 18.8 Å². The van der Waals surface area contributed by atoms with Gasteiger partial charge < -0.3 is 16.8 Å². The summed E-state index contributed by atoms with van der Waals surface area (Å²) in [7, 11) is 0. The smallest absolute Gasteiger partial charge is 0.384 e. The van der Waals surface area contributed by atoms with Crippen LogP contribution in [-0.2, 0) is 17.4 Å². The Kier molecular flexibility index (Phi) is 5.05. The maximum absolute atomic E-state index is 16.3. The number of pyridine rings is 2. The molecule has 2 aliphatic carbocycles. The molecule has 4 heterocycles. The summed E-state index contributed by atoms with van der Waals surface area (Å²) >= 11 is 0. The monoisotopic (exact) mass is 503 g/mol. The molecule has 0 bridgehead atoms. The van der Waals surface area contributed by atoms with Gasteiger partial charge >= 0.3 is 6.18 Å². The topological polar surface area (TPSA) is 125 Å². The fourth-order valence-electron chi connectivity index (χ4n) is 5.78. The number of halogens is 4. The molecular weight excluding hydrogens is 478 g/mol. The molecule has 36 heavy (non-hydrogen) atoms. The van der Waals surface area contributed by atoms with Gasteiger partial charge in [-0.25, -0.2) is 14.4 Å². The van der Waals surface area contributed by atoms with Gasteiger partial charge in [0.05, 0.1) is 28.7 Å². The van der Waals surface area contributed by atoms with E-state index in [4.69, 9.17) is 16.6 Å². The molecule has 0 spiro atoms. The number of piperidine rings is 1. The van der Waals surface area contributed by atoms with Crippen LogP contribution in [0, 0.1) is 24.6 Å². The molecule has 190 valence electrons. The highest BCUT2D eigenvalue weighted by Gasteiger charge is 2.56. The lowest BCUT2D eigenvalue weighted by Crippen LogP contribution is -2.15. The van der Waals surface area contributed by atoms with Gasteiger partial charge in [-0.15, -0.1) is 0 Å². The van der Waals surface area contributed by atoms with Crippen LogP contribution in [0.3, 0.4) is 0 Å². The molecule has 2 unspecified atom stereocenters. The van der Waals surface area contributed by atoms with Crippen molar-refractivity contribution in [3.63, 3.8) is 0 Å². The van der Waals surface area contributed by atoms with Gasteiger partial charge in [0.1, 0.15) is 17.0 Å². The standard InChI is InChI=1S/C24H25F4N7O/c1-9-19(24(26,27)28)11(6-15(29)32-9)21-20(25)23-18(14(33-21)4-5-16(30)36)22(34-35(23)10-2-3-10)17-12-7-31-8-13(12)17/h6,10,12-13,17,31H,2-5,7-8H2,1H3,(H2,29,32)(H2,30,36). The zero-order valence-corrected chi connectivity index (χ0v) is 19.5. The van der Waals surface area contributed by atoms with Gasteiger partial charge in [-0.1, -0.05) is 0 Å². The van der Waals surface area contributed by atoms with Gasteiger partial charge in [0, 0.05) is 23.3 Å². The fraction of sp³-hybridized carbons (Fsp3) is 0.500. The third-order valence-corrected chi connectivity index (χ3v) is 7.56. The maximum atomic E-state index is 16.3. The summed E-state index contributed by atoms with van der Waals surface area (Å²) in [6.45, 7) is 2.85. The van der Waals surface area contributed by atoms with Crippen LogP contribution in [-0.4, -0.2) is 38.7 Å². The molecule has 1 saturated heterocycles. The number of aryl methyl sites for hydroxylation is 2. The molecule has 3 aromatic heterocycles. The largest absolute Gasteiger partial charge is 0.418 e. The summed E-state index contributed by atoms with van der Waals surface area (Å²) in [5, 5.41) is 8.64. The number of hydrogen-bond acceptors (Lipinski definition) is 6. The minimum absolute atomic E-state index is 0.0296. The van der Waals surface area contributed by atoms with Crippen LogP contribution in [0.15, 0.2) is 6.07 Å². The Hall–Kier alpha value is -3.28. The number of alkyl halides is 3. The quantitative estimate of drug-likeness (QED) is 0.444. The molecule has 3 aliphatic rings. The molecule has 5 N–H and O–H groups in total. The number of rotatable bonds is 6. The second-order valence-electron chi connectivity index (χ2n) is 10.0. The van der Waals surface area contributed by atoms with E-state index in [0.717, 1.165) is 32.0 Å². The molecule has 3 fully saturated rings. The number of amides is 1. The Morgan fingerprint density at radius 2 is 1.92 bits per heavy atom. The van der Waals surface area contributed by atoms with E-state index in [1.165, 1.54) is 6.92 Å². The lowest BCUT2D eigenvalue weighted by atomic mass is 9.98. The van der Waals surface area contributed by atoms with E-state index >= 15 is 4.39 Å². The van der Waals surface area contributed by atoms with Crippen LogP contribution in [0.4, 0.5) is 23.4 Å². The first-order chi connectivity index (χ1) is 17.1. The number of anilines is 1. The van der Waals surface area contributed by atoms with Crippen molar-refractivity contribution in [2.24, 2.45) is 17.6 Å². The van der Waals surface area contributed by atoms with E-state index in [1.807, 2.05) is 0 Å². The Morgan fingerprint density at radius 1 is 1.22 bits per heavy atom.